The molecule has 23 heavy (non-hydrogen) atoms. The molecule has 0 saturated carbocycles. The molecule has 2 amide bonds. The minimum atomic E-state index is -5.00. The molecular weight excluding hydrogens is 335 g/mol. The fraction of sp³-hybridized carbons (Fsp3) is 0.357. The van der Waals surface area contributed by atoms with Gasteiger partial charge in [-0.3, -0.25) is 14.5 Å². The van der Waals surface area contributed by atoms with Crippen LogP contribution < -0.4 is 0 Å². The quantitative estimate of drug-likeness (QED) is 0.342. The van der Waals surface area contributed by atoms with Crippen molar-refractivity contribution in [1.29, 1.82) is 0 Å². The van der Waals surface area contributed by atoms with E-state index in [9.17, 15) is 27.6 Å². The number of hydrogen-bond acceptors (Lipinski definition) is 5. The Labute approximate surface area is 133 Å². The number of benzene rings is 1. The van der Waals surface area contributed by atoms with E-state index in [1.807, 2.05) is 0 Å². The number of amides is 2. The van der Waals surface area contributed by atoms with E-state index in [0.29, 0.717) is 23.3 Å². The van der Waals surface area contributed by atoms with Crippen molar-refractivity contribution in [3.8, 4) is 0 Å². The maximum atomic E-state index is 12.0. The summed E-state index contributed by atoms with van der Waals surface area (Å²) in [5, 5.41) is 0. The Balaban J connectivity index is 1.71. The van der Waals surface area contributed by atoms with Crippen LogP contribution in [0.15, 0.2) is 24.3 Å². The van der Waals surface area contributed by atoms with E-state index in [1.165, 1.54) is 0 Å². The molecule has 0 N–H and O–H groups in total. The fourth-order valence-corrected chi connectivity index (χ4v) is 2.64. The van der Waals surface area contributed by atoms with Gasteiger partial charge in [0, 0.05) is 6.54 Å². The second-order valence-electron chi connectivity index (χ2n) is 4.62. The summed E-state index contributed by atoms with van der Waals surface area (Å²) in [6.07, 6.45) is -4.61. The van der Waals surface area contributed by atoms with Crippen LogP contribution in [0, 0.1) is 0 Å². The zero-order valence-electron chi connectivity index (χ0n) is 11.8. The van der Waals surface area contributed by atoms with Gasteiger partial charge >= 0.3 is 12.1 Å². The number of imide groups is 1. The highest BCUT2D eigenvalue weighted by Gasteiger charge is 2.40. The van der Waals surface area contributed by atoms with E-state index in [0.717, 1.165) is 16.7 Å². The van der Waals surface area contributed by atoms with E-state index in [2.05, 4.69) is 4.74 Å². The second kappa shape index (κ2) is 7.03. The molecule has 1 aliphatic rings. The van der Waals surface area contributed by atoms with Gasteiger partial charge in [0.25, 0.3) is 11.8 Å². The summed E-state index contributed by atoms with van der Waals surface area (Å²) in [6.45, 7) is 0.159. The van der Waals surface area contributed by atoms with Gasteiger partial charge in [0.2, 0.25) is 0 Å². The molecule has 2 rings (SSSR count). The number of carbonyl (C=O) groups excluding carboxylic acids is 3. The number of hydrogen-bond donors (Lipinski definition) is 0. The minimum absolute atomic E-state index is 0.159. The molecule has 0 aliphatic carbocycles. The number of thioether (sulfide) groups is 1. The largest absolute Gasteiger partial charge is 0.490 e. The third-order valence-electron chi connectivity index (χ3n) is 3.05. The summed E-state index contributed by atoms with van der Waals surface area (Å²) >= 11 is 0.975. The van der Waals surface area contributed by atoms with Crippen LogP contribution in [-0.4, -0.2) is 47.1 Å². The van der Waals surface area contributed by atoms with Gasteiger partial charge < -0.3 is 4.74 Å². The summed E-state index contributed by atoms with van der Waals surface area (Å²) in [6, 6.07) is 6.47. The van der Waals surface area contributed by atoms with Gasteiger partial charge in [-0.2, -0.15) is 13.2 Å². The predicted octanol–water partition coefficient (Wildman–Crippen LogP) is 2.47. The molecule has 0 fully saturated rings. The normalized spacial score (nSPS) is 14.1. The van der Waals surface area contributed by atoms with Gasteiger partial charge in [-0.1, -0.05) is 12.1 Å². The summed E-state index contributed by atoms with van der Waals surface area (Å²) in [5.41, 5.74) is 0.702. The first-order valence-electron chi connectivity index (χ1n) is 6.59. The SMILES string of the molecule is O=C1c2ccccc2C(=O)N1CCCSCOC(=O)C(F)(F)F. The molecule has 0 unspecified atom stereocenters. The van der Waals surface area contributed by atoms with Gasteiger partial charge in [0.15, 0.2) is 0 Å². The van der Waals surface area contributed by atoms with Crippen LogP contribution in [-0.2, 0) is 9.53 Å². The molecule has 1 aromatic rings. The maximum absolute atomic E-state index is 12.0. The lowest BCUT2D eigenvalue weighted by molar-refractivity contribution is -0.197. The van der Waals surface area contributed by atoms with Crippen LogP contribution in [0.5, 0.6) is 0 Å². The molecular formula is C14H12F3NO4S. The van der Waals surface area contributed by atoms with E-state index < -0.39 is 18.1 Å². The van der Waals surface area contributed by atoms with Gasteiger partial charge in [0.1, 0.15) is 5.94 Å². The van der Waals surface area contributed by atoms with Crippen molar-refractivity contribution in [3.05, 3.63) is 35.4 Å². The second-order valence-corrected chi connectivity index (χ2v) is 5.67. The highest BCUT2D eigenvalue weighted by atomic mass is 32.2. The van der Waals surface area contributed by atoms with E-state index in [1.54, 1.807) is 24.3 Å². The van der Waals surface area contributed by atoms with Crippen LogP contribution in [0.1, 0.15) is 27.1 Å². The van der Waals surface area contributed by atoms with Crippen molar-refractivity contribution >= 4 is 29.5 Å². The molecule has 1 aliphatic heterocycles. The topological polar surface area (TPSA) is 63.7 Å². The summed E-state index contributed by atoms with van der Waals surface area (Å²) in [5.74, 6) is -3.07. The molecule has 1 heterocycles. The third kappa shape index (κ3) is 4.04. The number of carbonyl (C=O) groups is 3. The fourth-order valence-electron chi connectivity index (χ4n) is 2.00. The van der Waals surface area contributed by atoms with Crippen LogP contribution in [0.3, 0.4) is 0 Å². The minimum Gasteiger partial charge on any atom is -0.448 e. The summed E-state index contributed by atoms with van der Waals surface area (Å²) in [7, 11) is 0. The number of rotatable bonds is 6. The highest BCUT2D eigenvalue weighted by Crippen LogP contribution is 2.23. The van der Waals surface area contributed by atoms with E-state index >= 15 is 0 Å². The number of alkyl halides is 3. The van der Waals surface area contributed by atoms with E-state index in [-0.39, 0.29) is 18.4 Å². The lowest BCUT2D eigenvalue weighted by Crippen LogP contribution is -2.31. The Kier molecular flexibility index (Phi) is 5.30. The zero-order chi connectivity index (χ0) is 17.0. The van der Waals surface area contributed by atoms with Gasteiger partial charge in [-0.25, -0.2) is 4.79 Å². The number of halogens is 3. The van der Waals surface area contributed by atoms with Crippen LogP contribution in [0.4, 0.5) is 13.2 Å². The Morgan fingerprint density at radius 1 is 1.13 bits per heavy atom. The van der Waals surface area contributed by atoms with Crippen molar-refractivity contribution < 1.29 is 32.3 Å². The Bertz CT molecular complexity index is 598. The molecule has 0 atom stereocenters. The average molecular weight is 347 g/mol. The lowest BCUT2D eigenvalue weighted by Gasteiger charge is -2.13. The monoisotopic (exact) mass is 347 g/mol. The smallest absolute Gasteiger partial charge is 0.448 e. The maximum Gasteiger partial charge on any atom is 0.490 e. The lowest BCUT2D eigenvalue weighted by atomic mass is 10.1. The first-order valence-corrected chi connectivity index (χ1v) is 7.74. The average Bonchev–Trinajstić information content (AvgIpc) is 2.74. The van der Waals surface area contributed by atoms with Crippen molar-refractivity contribution in [2.45, 2.75) is 12.6 Å². The Morgan fingerprint density at radius 3 is 2.22 bits per heavy atom. The standard InChI is InChI=1S/C14H12F3NO4S/c15-14(16,17)13(21)22-8-23-7-3-6-18-11(19)9-4-1-2-5-10(9)12(18)20/h1-2,4-5H,3,6-8H2. The summed E-state index contributed by atoms with van der Waals surface area (Å²) < 4.78 is 39.7. The molecule has 0 spiro atoms. The first-order chi connectivity index (χ1) is 10.8. The van der Waals surface area contributed by atoms with Crippen molar-refractivity contribution in [2.24, 2.45) is 0 Å². The van der Waals surface area contributed by atoms with Crippen molar-refractivity contribution in [2.75, 3.05) is 18.2 Å². The summed E-state index contributed by atoms with van der Waals surface area (Å²) in [4.78, 5) is 35.6. The Hall–Kier alpha value is -2.03. The number of ether oxygens (including phenoxy) is 1. The number of nitrogens with zero attached hydrogens (tertiary/aromatic N) is 1. The van der Waals surface area contributed by atoms with Crippen molar-refractivity contribution in [1.82, 2.24) is 4.90 Å². The van der Waals surface area contributed by atoms with Gasteiger partial charge in [-0.15, -0.1) is 11.8 Å². The molecule has 9 heteroatoms. The zero-order valence-corrected chi connectivity index (χ0v) is 12.6. The first kappa shape index (κ1) is 17.3. The molecule has 0 radical (unpaired) electrons. The molecule has 0 bridgehead atoms. The molecule has 0 saturated heterocycles. The predicted molar refractivity (Wildman–Crippen MR) is 75.9 cm³/mol. The van der Waals surface area contributed by atoms with Crippen LogP contribution >= 0.6 is 11.8 Å². The van der Waals surface area contributed by atoms with Gasteiger partial charge in [0.05, 0.1) is 11.1 Å². The van der Waals surface area contributed by atoms with Crippen LogP contribution in [0.2, 0.25) is 0 Å². The van der Waals surface area contributed by atoms with E-state index in [4.69, 9.17) is 0 Å². The third-order valence-corrected chi connectivity index (χ3v) is 3.92. The Morgan fingerprint density at radius 2 is 1.70 bits per heavy atom. The number of esters is 1. The number of fused-ring (bicyclic) bond motifs is 1. The van der Waals surface area contributed by atoms with Crippen molar-refractivity contribution in [3.63, 3.8) is 0 Å². The molecule has 0 aromatic heterocycles. The molecule has 124 valence electrons. The highest BCUT2D eigenvalue weighted by molar-refractivity contribution is 7.99. The van der Waals surface area contributed by atoms with Gasteiger partial charge in [-0.05, 0) is 24.3 Å². The molecule has 1 aromatic carbocycles. The molecule has 5 nitrogen and oxygen atoms in total. The van der Waals surface area contributed by atoms with Crippen LogP contribution in [0.25, 0.3) is 0 Å².